The van der Waals surface area contributed by atoms with E-state index in [0.717, 1.165) is 5.92 Å². The highest BCUT2D eigenvalue weighted by Crippen LogP contribution is 2.36. The van der Waals surface area contributed by atoms with Crippen LogP contribution in [0.5, 0.6) is 0 Å². The summed E-state index contributed by atoms with van der Waals surface area (Å²) in [5, 5.41) is 0. The van der Waals surface area contributed by atoms with E-state index < -0.39 is 0 Å². The number of piperidine rings is 1. The number of nitrogens with zero attached hydrogens (tertiary/aromatic N) is 1. The molecule has 0 radical (unpaired) electrons. The van der Waals surface area contributed by atoms with Crippen LogP contribution in [0, 0.1) is 11.3 Å². The minimum Gasteiger partial charge on any atom is -0.289 e. The molecule has 1 atom stereocenters. The van der Waals surface area contributed by atoms with Crippen molar-refractivity contribution < 1.29 is 0 Å². The fourth-order valence-corrected chi connectivity index (χ4v) is 2.36. The van der Waals surface area contributed by atoms with E-state index in [4.69, 9.17) is 0 Å². The lowest BCUT2D eigenvalue weighted by molar-refractivity contribution is 0.0681. The van der Waals surface area contributed by atoms with Gasteiger partial charge in [-0.05, 0) is 44.6 Å². The molecule has 0 aromatic carbocycles. The summed E-state index contributed by atoms with van der Waals surface area (Å²) in [6, 6.07) is 0. The van der Waals surface area contributed by atoms with Crippen LogP contribution in [-0.4, -0.2) is 22.9 Å². The van der Waals surface area contributed by atoms with Gasteiger partial charge in [-0.1, -0.05) is 20.8 Å². The Bertz CT molecular complexity index is 167. The third kappa shape index (κ3) is 3.16. The minimum absolute atomic E-state index is 0.0456. The van der Waals surface area contributed by atoms with Gasteiger partial charge in [0.2, 0.25) is 0 Å². The second-order valence-electron chi connectivity index (χ2n) is 6.15. The van der Waals surface area contributed by atoms with E-state index in [-0.39, 0.29) is 4.87 Å². The Morgan fingerprint density at radius 2 is 1.71 bits per heavy atom. The molecule has 0 bridgehead atoms. The molecular formula is C12H25NS. The van der Waals surface area contributed by atoms with Gasteiger partial charge >= 0.3 is 0 Å². The van der Waals surface area contributed by atoms with Crippen molar-refractivity contribution in [1.82, 2.24) is 4.90 Å². The summed E-state index contributed by atoms with van der Waals surface area (Å²) in [7, 11) is 0. The van der Waals surface area contributed by atoms with Crippen LogP contribution in [0.1, 0.15) is 47.5 Å². The van der Waals surface area contributed by atoms with Crippen LogP contribution in [0.4, 0.5) is 0 Å². The molecule has 1 rings (SSSR count). The molecular weight excluding hydrogens is 190 g/mol. The smallest absolute Gasteiger partial charge is 0.0583 e. The van der Waals surface area contributed by atoms with E-state index in [1.54, 1.807) is 0 Å². The standard InChI is InChI=1S/C12H25NS/c1-11(2,3)10-7-6-8-13(9-10)12(4,5)14/h10,14H,6-9H2,1-5H3. The Labute approximate surface area is 94.7 Å². The van der Waals surface area contributed by atoms with E-state index in [1.165, 1.54) is 25.9 Å². The van der Waals surface area contributed by atoms with Crippen molar-refractivity contribution in [3.05, 3.63) is 0 Å². The van der Waals surface area contributed by atoms with E-state index in [2.05, 4.69) is 52.1 Å². The lowest BCUT2D eigenvalue weighted by Gasteiger charge is -2.45. The van der Waals surface area contributed by atoms with Gasteiger partial charge in [-0.3, -0.25) is 4.90 Å². The topological polar surface area (TPSA) is 3.24 Å². The van der Waals surface area contributed by atoms with Crippen molar-refractivity contribution in [3.8, 4) is 0 Å². The van der Waals surface area contributed by atoms with Crippen LogP contribution in [0.3, 0.4) is 0 Å². The molecule has 1 nitrogen and oxygen atoms in total. The number of rotatable bonds is 1. The monoisotopic (exact) mass is 215 g/mol. The maximum atomic E-state index is 4.66. The molecule has 84 valence electrons. The second kappa shape index (κ2) is 4.05. The van der Waals surface area contributed by atoms with Gasteiger partial charge in [-0.25, -0.2) is 0 Å². The molecule has 0 aliphatic carbocycles. The Kier molecular flexibility index (Phi) is 3.58. The number of hydrogen-bond donors (Lipinski definition) is 1. The molecule has 14 heavy (non-hydrogen) atoms. The van der Waals surface area contributed by atoms with Crippen LogP contribution < -0.4 is 0 Å². The molecule has 0 aromatic heterocycles. The van der Waals surface area contributed by atoms with Gasteiger partial charge in [0.1, 0.15) is 0 Å². The molecule has 1 heterocycles. The first-order chi connectivity index (χ1) is 6.21. The lowest BCUT2D eigenvalue weighted by atomic mass is 9.76. The molecule has 1 saturated heterocycles. The number of hydrogen-bond acceptors (Lipinski definition) is 2. The summed E-state index contributed by atoms with van der Waals surface area (Å²) in [6.45, 7) is 13.9. The number of likely N-dealkylation sites (tertiary alicyclic amines) is 1. The van der Waals surface area contributed by atoms with Crippen LogP contribution in [0.15, 0.2) is 0 Å². The van der Waals surface area contributed by atoms with Crippen molar-refractivity contribution in [2.75, 3.05) is 13.1 Å². The van der Waals surface area contributed by atoms with E-state index in [1.807, 2.05) is 0 Å². The van der Waals surface area contributed by atoms with E-state index >= 15 is 0 Å². The molecule has 0 spiro atoms. The van der Waals surface area contributed by atoms with Crippen LogP contribution in [-0.2, 0) is 0 Å². The molecule has 0 saturated carbocycles. The molecule has 1 aliphatic heterocycles. The Balaban J connectivity index is 2.61. The van der Waals surface area contributed by atoms with Gasteiger partial charge in [0.05, 0.1) is 4.87 Å². The molecule has 1 aliphatic rings. The molecule has 1 fully saturated rings. The summed E-state index contributed by atoms with van der Waals surface area (Å²) in [5.41, 5.74) is 0.442. The van der Waals surface area contributed by atoms with Gasteiger partial charge in [-0.2, -0.15) is 12.6 Å². The van der Waals surface area contributed by atoms with E-state index in [9.17, 15) is 0 Å². The number of thiol groups is 1. The Morgan fingerprint density at radius 3 is 2.14 bits per heavy atom. The maximum absolute atomic E-state index is 4.66. The summed E-state index contributed by atoms with van der Waals surface area (Å²) in [5.74, 6) is 0.822. The largest absolute Gasteiger partial charge is 0.289 e. The molecule has 0 amide bonds. The Hall–Kier alpha value is 0.310. The molecule has 2 heteroatoms. The van der Waals surface area contributed by atoms with Crippen molar-refractivity contribution in [3.63, 3.8) is 0 Å². The fraction of sp³-hybridized carbons (Fsp3) is 1.00. The molecule has 1 unspecified atom stereocenters. The summed E-state index contributed by atoms with van der Waals surface area (Å²) < 4.78 is 0. The highest BCUT2D eigenvalue weighted by Gasteiger charge is 2.33. The maximum Gasteiger partial charge on any atom is 0.0583 e. The first kappa shape index (κ1) is 12.4. The van der Waals surface area contributed by atoms with E-state index in [0.29, 0.717) is 5.41 Å². The quantitative estimate of drug-likeness (QED) is 0.656. The summed E-state index contributed by atoms with van der Waals surface area (Å²) in [6.07, 6.45) is 2.70. The zero-order valence-electron chi connectivity index (χ0n) is 10.3. The van der Waals surface area contributed by atoms with Crippen molar-refractivity contribution in [1.29, 1.82) is 0 Å². The SMILES string of the molecule is CC(C)(C)C1CCCN(C(C)(C)S)C1. The fourth-order valence-electron chi connectivity index (χ4n) is 2.18. The van der Waals surface area contributed by atoms with Gasteiger partial charge in [0.15, 0.2) is 0 Å². The highest BCUT2D eigenvalue weighted by molar-refractivity contribution is 7.81. The van der Waals surface area contributed by atoms with Crippen LogP contribution in [0.25, 0.3) is 0 Å². The molecule has 0 aromatic rings. The van der Waals surface area contributed by atoms with Crippen LogP contribution >= 0.6 is 12.6 Å². The molecule has 0 N–H and O–H groups in total. The zero-order chi connectivity index (χ0) is 11.0. The first-order valence-electron chi connectivity index (χ1n) is 5.68. The Morgan fingerprint density at radius 1 is 1.14 bits per heavy atom. The van der Waals surface area contributed by atoms with Crippen LogP contribution in [0.2, 0.25) is 0 Å². The normalized spacial score (nSPS) is 26.6. The first-order valence-corrected chi connectivity index (χ1v) is 6.13. The lowest BCUT2D eigenvalue weighted by Crippen LogP contribution is -2.48. The van der Waals surface area contributed by atoms with Gasteiger partial charge in [-0.15, -0.1) is 0 Å². The second-order valence-corrected chi connectivity index (χ2v) is 7.24. The van der Waals surface area contributed by atoms with Crippen molar-refractivity contribution in [2.24, 2.45) is 11.3 Å². The van der Waals surface area contributed by atoms with Gasteiger partial charge in [0, 0.05) is 6.54 Å². The average molecular weight is 215 g/mol. The zero-order valence-corrected chi connectivity index (χ0v) is 11.2. The minimum atomic E-state index is 0.0456. The predicted molar refractivity (Wildman–Crippen MR) is 66.8 cm³/mol. The van der Waals surface area contributed by atoms with Gasteiger partial charge < -0.3 is 0 Å². The summed E-state index contributed by atoms with van der Waals surface area (Å²) in [4.78, 5) is 2.56. The summed E-state index contributed by atoms with van der Waals surface area (Å²) >= 11 is 4.66. The third-order valence-electron chi connectivity index (χ3n) is 3.42. The predicted octanol–water partition coefficient (Wildman–Crippen LogP) is 3.41. The van der Waals surface area contributed by atoms with Crippen molar-refractivity contribution in [2.45, 2.75) is 52.3 Å². The average Bonchev–Trinajstić information content (AvgIpc) is 2.01. The van der Waals surface area contributed by atoms with Crippen molar-refractivity contribution >= 4 is 12.6 Å². The highest BCUT2D eigenvalue weighted by atomic mass is 32.1. The van der Waals surface area contributed by atoms with Gasteiger partial charge in [0.25, 0.3) is 0 Å². The third-order valence-corrected chi connectivity index (χ3v) is 3.70.